The van der Waals surface area contributed by atoms with Crippen molar-refractivity contribution in [2.75, 3.05) is 0 Å². The van der Waals surface area contributed by atoms with Gasteiger partial charge >= 0.3 is 0 Å². The summed E-state index contributed by atoms with van der Waals surface area (Å²) in [6.07, 6.45) is 16.8. The Kier molecular flexibility index (Phi) is 5.53. The number of aliphatic hydroxyl groups excluding tert-OH is 2. The normalized spacial score (nSPS) is 47.6. The van der Waals surface area contributed by atoms with Crippen molar-refractivity contribution >= 4 is 0 Å². The Labute approximate surface area is 166 Å². The molecule has 0 saturated heterocycles. The minimum Gasteiger partial charge on any atom is -0.393 e. The van der Waals surface area contributed by atoms with Crippen molar-refractivity contribution in [2.24, 2.45) is 34.5 Å². The smallest absolute Gasteiger partial charge is 0.0577 e. The molecule has 0 aromatic carbocycles. The highest BCUT2D eigenvalue weighted by atomic mass is 16.3. The largest absolute Gasteiger partial charge is 0.393 e. The molecule has 0 radical (unpaired) electrons. The maximum absolute atomic E-state index is 10.2. The van der Waals surface area contributed by atoms with Gasteiger partial charge in [-0.15, -0.1) is 0 Å². The fraction of sp³-hybridized carbons (Fsp3) is 0.920. The zero-order chi connectivity index (χ0) is 19.2. The summed E-state index contributed by atoms with van der Waals surface area (Å²) in [6.45, 7) is 7.24. The van der Waals surface area contributed by atoms with Crippen LogP contribution in [0.25, 0.3) is 0 Å². The molecule has 3 saturated carbocycles. The van der Waals surface area contributed by atoms with Crippen LogP contribution in [-0.2, 0) is 0 Å². The summed E-state index contributed by atoms with van der Waals surface area (Å²) in [5.74, 6) is 3.50. The molecule has 2 heteroatoms. The van der Waals surface area contributed by atoms with Crippen LogP contribution in [0, 0.1) is 34.5 Å². The van der Waals surface area contributed by atoms with E-state index in [9.17, 15) is 10.2 Å². The van der Waals surface area contributed by atoms with Gasteiger partial charge in [-0.25, -0.2) is 0 Å². The fourth-order valence-corrected chi connectivity index (χ4v) is 8.03. The van der Waals surface area contributed by atoms with Gasteiger partial charge in [0.2, 0.25) is 0 Å². The second kappa shape index (κ2) is 7.48. The summed E-state index contributed by atoms with van der Waals surface area (Å²) in [5.41, 5.74) is 2.50. The van der Waals surface area contributed by atoms with Crippen LogP contribution in [0.15, 0.2) is 11.6 Å². The average Bonchev–Trinajstić information content (AvgIpc) is 2.99. The predicted molar refractivity (Wildman–Crippen MR) is 111 cm³/mol. The number of hydrogen-bond donors (Lipinski definition) is 2. The van der Waals surface area contributed by atoms with Gasteiger partial charge in [-0.3, -0.25) is 0 Å². The lowest BCUT2D eigenvalue weighted by atomic mass is 9.47. The first-order valence-electron chi connectivity index (χ1n) is 11.9. The standard InChI is InChI=1S/C25H42O2/c1-4-19(26)7-5-6-17-9-11-22-21-10-8-18-16-20(27)12-14-25(18,3)23(21)13-15-24(17,22)2/h8,17,19-23,26-27H,4-7,9-16H2,1-3H3/t17?,19-,20-,21?,22?,23?,24?,25-/m0/s1. The van der Waals surface area contributed by atoms with Gasteiger partial charge in [-0.2, -0.15) is 0 Å². The number of hydrogen-bond acceptors (Lipinski definition) is 2. The Morgan fingerprint density at radius 2 is 1.93 bits per heavy atom. The predicted octanol–water partition coefficient (Wildman–Crippen LogP) is 5.87. The number of aliphatic hydroxyl groups is 2. The molecule has 0 heterocycles. The maximum atomic E-state index is 10.2. The van der Waals surface area contributed by atoms with E-state index in [-0.39, 0.29) is 12.2 Å². The Balaban J connectivity index is 1.47. The first-order valence-corrected chi connectivity index (χ1v) is 11.9. The van der Waals surface area contributed by atoms with Gasteiger partial charge in [-0.1, -0.05) is 38.8 Å². The van der Waals surface area contributed by atoms with E-state index in [4.69, 9.17) is 0 Å². The Morgan fingerprint density at radius 1 is 1.11 bits per heavy atom. The highest BCUT2D eigenvalue weighted by molar-refractivity contribution is 5.25. The molecule has 4 aliphatic rings. The summed E-state index contributed by atoms with van der Waals surface area (Å²) < 4.78 is 0. The molecule has 4 aliphatic carbocycles. The van der Waals surface area contributed by atoms with E-state index in [1.165, 1.54) is 51.4 Å². The van der Waals surface area contributed by atoms with Crippen LogP contribution >= 0.6 is 0 Å². The van der Waals surface area contributed by atoms with E-state index in [0.717, 1.165) is 49.4 Å². The van der Waals surface area contributed by atoms with Gasteiger partial charge in [0, 0.05) is 0 Å². The first-order chi connectivity index (χ1) is 12.9. The van der Waals surface area contributed by atoms with Crippen LogP contribution in [0.3, 0.4) is 0 Å². The summed E-state index contributed by atoms with van der Waals surface area (Å²) in [4.78, 5) is 0. The number of allylic oxidation sites excluding steroid dienone is 1. The third kappa shape index (κ3) is 3.33. The van der Waals surface area contributed by atoms with E-state index < -0.39 is 0 Å². The molecule has 27 heavy (non-hydrogen) atoms. The van der Waals surface area contributed by atoms with Crippen molar-refractivity contribution in [3.05, 3.63) is 11.6 Å². The topological polar surface area (TPSA) is 40.5 Å². The number of fused-ring (bicyclic) bond motifs is 5. The van der Waals surface area contributed by atoms with Crippen molar-refractivity contribution < 1.29 is 10.2 Å². The van der Waals surface area contributed by atoms with Crippen molar-refractivity contribution in [2.45, 2.75) is 110 Å². The maximum Gasteiger partial charge on any atom is 0.0577 e. The third-order valence-electron chi connectivity index (χ3n) is 9.84. The zero-order valence-corrected chi connectivity index (χ0v) is 17.9. The molecular weight excluding hydrogens is 332 g/mol. The first kappa shape index (κ1) is 20.0. The lowest BCUT2D eigenvalue weighted by Gasteiger charge is -2.58. The van der Waals surface area contributed by atoms with E-state index in [0.29, 0.717) is 10.8 Å². The molecule has 0 aliphatic heterocycles. The van der Waals surface area contributed by atoms with E-state index in [1.807, 2.05) is 0 Å². The van der Waals surface area contributed by atoms with Gasteiger partial charge in [0.25, 0.3) is 0 Å². The summed E-state index contributed by atoms with van der Waals surface area (Å²) in [7, 11) is 0. The van der Waals surface area contributed by atoms with Gasteiger partial charge in [0.1, 0.15) is 0 Å². The Hall–Kier alpha value is -0.340. The van der Waals surface area contributed by atoms with Crippen LogP contribution in [-0.4, -0.2) is 22.4 Å². The molecule has 2 N–H and O–H groups in total. The van der Waals surface area contributed by atoms with Gasteiger partial charge in [-0.05, 0) is 105 Å². The highest BCUT2D eigenvalue weighted by Gasteiger charge is 2.58. The van der Waals surface area contributed by atoms with Crippen molar-refractivity contribution in [3.63, 3.8) is 0 Å². The van der Waals surface area contributed by atoms with Crippen molar-refractivity contribution in [3.8, 4) is 0 Å². The van der Waals surface area contributed by atoms with Gasteiger partial charge < -0.3 is 10.2 Å². The third-order valence-corrected chi connectivity index (χ3v) is 9.84. The van der Waals surface area contributed by atoms with Gasteiger partial charge in [0.05, 0.1) is 12.2 Å². The molecule has 8 atom stereocenters. The lowest BCUT2D eigenvalue weighted by molar-refractivity contribution is -0.0511. The average molecular weight is 375 g/mol. The Morgan fingerprint density at radius 3 is 2.70 bits per heavy atom. The molecule has 3 fully saturated rings. The minimum atomic E-state index is -0.0935. The monoisotopic (exact) mass is 374 g/mol. The Bertz CT molecular complexity index is 569. The van der Waals surface area contributed by atoms with E-state index in [2.05, 4.69) is 26.8 Å². The molecule has 0 bridgehead atoms. The molecular formula is C25H42O2. The second-order valence-corrected chi connectivity index (χ2v) is 11.0. The molecule has 0 aromatic heterocycles. The lowest BCUT2D eigenvalue weighted by Crippen LogP contribution is -2.50. The molecule has 154 valence electrons. The van der Waals surface area contributed by atoms with E-state index in [1.54, 1.807) is 5.57 Å². The van der Waals surface area contributed by atoms with Crippen LogP contribution in [0.5, 0.6) is 0 Å². The summed E-state index contributed by atoms with van der Waals surface area (Å²) in [6, 6.07) is 0. The molecule has 4 rings (SSSR count). The molecule has 5 unspecified atom stereocenters. The minimum absolute atomic E-state index is 0.0887. The van der Waals surface area contributed by atoms with Crippen molar-refractivity contribution in [1.82, 2.24) is 0 Å². The second-order valence-electron chi connectivity index (χ2n) is 11.0. The molecule has 0 spiro atoms. The highest BCUT2D eigenvalue weighted by Crippen LogP contribution is 2.66. The fourth-order valence-electron chi connectivity index (χ4n) is 8.03. The molecule has 2 nitrogen and oxygen atoms in total. The van der Waals surface area contributed by atoms with Crippen molar-refractivity contribution in [1.29, 1.82) is 0 Å². The quantitative estimate of drug-likeness (QED) is 0.591. The van der Waals surface area contributed by atoms with E-state index >= 15 is 0 Å². The van der Waals surface area contributed by atoms with Crippen LogP contribution < -0.4 is 0 Å². The van der Waals surface area contributed by atoms with Gasteiger partial charge in [0.15, 0.2) is 0 Å². The molecule has 0 amide bonds. The van der Waals surface area contributed by atoms with Crippen LogP contribution in [0.4, 0.5) is 0 Å². The van der Waals surface area contributed by atoms with Crippen LogP contribution in [0.1, 0.15) is 97.8 Å². The summed E-state index contributed by atoms with van der Waals surface area (Å²) in [5, 5.41) is 20.1. The summed E-state index contributed by atoms with van der Waals surface area (Å²) >= 11 is 0. The SMILES string of the molecule is CC[C@H](O)CCCC1CCC2C3CC=C4C[C@@H](O)CC[C@]4(C)C3CCC12C. The number of rotatable bonds is 5. The zero-order valence-electron chi connectivity index (χ0n) is 17.9. The van der Waals surface area contributed by atoms with Crippen LogP contribution in [0.2, 0.25) is 0 Å². The molecule has 0 aromatic rings.